The summed E-state index contributed by atoms with van der Waals surface area (Å²) in [6.45, 7) is 0.539. The highest BCUT2D eigenvalue weighted by molar-refractivity contribution is 5.71. The van der Waals surface area contributed by atoms with Crippen LogP contribution in [0, 0.1) is 0 Å². The molecule has 0 spiro atoms. The van der Waals surface area contributed by atoms with Crippen LogP contribution in [-0.2, 0) is 6.54 Å². The van der Waals surface area contributed by atoms with Crippen molar-refractivity contribution in [1.82, 2.24) is 9.78 Å². The summed E-state index contributed by atoms with van der Waals surface area (Å²) in [7, 11) is 0. The van der Waals surface area contributed by atoms with E-state index in [0.29, 0.717) is 18.1 Å². The Morgan fingerprint density at radius 1 is 0.864 bits per heavy atom. The number of hydrogen-bond acceptors (Lipinski definition) is 5. The number of anilines is 2. The lowest BCUT2D eigenvalue weighted by atomic mass is 10.2. The van der Waals surface area contributed by atoms with Crippen molar-refractivity contribution in [3.8, 4) is 0 Å². The number of benzene rings is 2. The second-order valence-electron chi connectivity index (χ2n) is 4.80. The van der Waals surface area contributed by atoms with Crippen LogP contribution in [0.15, 0.2) is 70.9 Å². The first-order chi connectivity index (χ1) is 10.7. The second kappa shape index (κ2) is 6.09. The molecule has 0 unspecified atom stereocenters. The van der Waals surface area contributed by atoms with Gasteiger partial charge >= 0.3 is 0 Å². The van der Waals surface area contributed by atoms with Crippen molar-refractivity contribution in [3.63, 3.8) is 0 Å². The van der Waals surface area contributed by atoms with E-state index in [9.17, 15) is 0 Å². The molecule has 0 radical (unpaired) electrons. The fraction of sp³-hybridized carbons (Fsp3) is 0.0625. The Morgan fingerprint density at radius 3 is 2.18 bits per heavy atom. The molecule has 3 rings (SSSR count). The monoisotopic (exact) mass is 292 g/mol. The van der Waals surface area contributed by atoms with E-state index in [0.717, 1.165) is 11.3 Å². The highest BCUT2D eigenvalue weighted by atomic mass is 15.4. The van der Waals surface area contributed by atoms with Crippen molar-refractivity contribution in [1.29, 1.82) is 0 Å². The minimum Gasteiger partial charge on any atom is -0.382 e. The second-order valence-corrected chi connectivity index (χ2v) is 4.80. The SMILES string of the molecule is Nc1nn(Cc2ccccc2)c(N)c1N=Nc1ccccc1. The molecule has 0 saturated heterocycles. The number of aromatic nitrogens is 2. The van der Waals surface area contributed by atoms with Crippen molar-refractivity contribution >= 4 is 23.0 Å². The van der Waals surface area contributed by atoms with Gasteiger partial charge in [-0.05, 0) is 17.7 Å². The zero-order chi connectivity index (χ0) is 15.4. The molecule has 22 heavy (non-hydrogen) atoms. The zero-order valence-electron chi connectivity index (χ0n) is 11.9. The van der Waals surface area contributed by atoms with E-state index in [4.69, 9.17) is 11.5 Å². The molecule has 6 nitrogen and oxygen atoms in total. The lowest BCUT2D eigenvalue weighted by Gasteiger charge is -2.03. The van der Waals surface area contributed by atoms with E-state index in [2.05, 4.69) is 15.3 Å². The van der Waals surface area contributed by atoms with Gasteiger partial charge in [0, 0.05) is 0 Å². The number of rotatable bonds is 4. The molecule has 0 amide bonds. The van der Waals surface area contributed by atoms with Gasteiger partial charge in [-0.25, -0.2) is 4.68 Å². The van der Waals surface area contributed by atoms with Gasteiger partial charge in [0.2, 0.25) is 0 Å². The summed E-state index contributed by atoms with van der Waals surface area (Å²) in [4.78, 5) is 0. The van der Waals surface area contributed by atoms with Gasteiger partial charge in [0.25, 0.3) is 0 Å². The molecule has 6 heteroatoms. The fourth-order valence-electron chi connectivity index (χ4n) is 2.07. The van der Waals surface area contributed by atoms with Crippen LogP contribution in [0.4, 0.5) is 23.0 Å². The molecule has 0 aliphatic rings. The lowest BCUT2D eigenvalue weighted by Crippen LogP contribution is -2.05. The molecule has 1 heterocycles. The molecule has 4 N–H and O–H groups in total. The topological polar surface area (TPSA) is 94.6 Å². The van der Waals surface area contributed by atoms with Crippen molar-refractivity contribution in [3.05, 3.63) is 66.2 Å². The molecule has 0 aliphatic heterocycles. The average molecular weight is 292 g/mol. The van der Waals surface area contributed by atoms with Gasteiger partial charge in [0.15, 0.2) is 17.3 Å². The normalized spacial score (nSPS) is 11.1. The molecule has 2 aromatic carbocycles. The van der Waals surface area contributed by atoms with Crippen molar-refractivity contribution in [2.24, 2.45) is 10.2 Å². The largest absolute Gasteiger partial charge is 0.382 e. The maximum absolute atomic E-state index is 6.08. The van der Waals surface area contributed by atoms with Crippen LogP contribution in [0.1, 0.15) is 5.56 Å². The molecule has 0 atom stereocenters. The van der Waals surface area contributed by atoms with Gasteiger partial charge in [-0.2, -0.15) is 10.2 Å². The summed E-state index contributed by atoms with van der Waals surface area (Å²) in [6.07, 6.45) is 0. The van der Waals surface area contributed by atoms with E-state index < -0.39 is 0 Å². The molecule has 0 bridgehead atoms. The van der Waals surface area contributed by atoms with Crippen LogP contribution in [0.3, 0.4) is 0 Å². The van der Waals surface area contributed by atoms with Crippen LogP contribution in [-0.4, -0.2) is 9.78 Å². The summed E-state index contributed by atoms with van der Waals surface area (Å²) in [5.41, 5.74) is 14.2. The predicted molar refractivity (Wildman–Crippen MR) is 87.2 cm³/mol. The molecule has 110 valence electrons. The van der Waals surface area contributed by atoms with E-state index in [1.54, 1.807) is 4.68 Å². The molecule has 3 aromatic rings. The quantitative estimate of drug-likeness (QED) is 0.720. The van der Waals surface area contributed by atoms with Gasteiger partial charge in [-0.15, -0.1) is 5.11 Å². The van der Waals surface area contributed by atoms with E-state index in [-0.39, 0.29) is 5.82 Å². The van der Waals surface area contributed by atoms with Gasteiger partial charge in [0.05, 0.1) is 12.2 Å². The third kappa shape index (κ3) is 2.95. The first-order valence-corrected chi connectivity index (χ1v) is 6.86. The summed E-state index contributed by atoms with van der Waals surface area (Å²) < 4.78 is 1.63. The van der Waals surface area contributed by atoms with Crippen molar-refractivity contribution in [2.75, 3.05) is 11.5 Å². The molecule has 0 fully saturated rings. The number of nitrogens with zero attached hydrogens (tertiary/aromatic N) is 4. The smallest absolute Gasteiger partial charge is 0.175 e. The van der Waals surface area contributed by atoms with Crippen LogP contribution in [0.5, 0.6) is 0 Å². The third-order valence-corrected chi connectivity index (χ3v) is 3.19. The zero-order valence-corrected chi connectivity index (χ0v) is 11.9. The maximum atomic E-state index is 6.08. The Labute approximate surface area is 128 Å². The Bertz CT molecular complexity index is 777. The summed E-state index contributed by atoms with van der Waals surface area (Å²) >= 11 is 0. The third-order valence-electron chi connectivity index (χ3n) is 3.19. The number of nitrogens with two attached hydrogens (primary N) is 2. The van der Waals surface area contributed by atoms with E-state index in [1.165, 1.54) is 0 Å². The minimum atomic E-state index is 0.271. The average Bonchev–Trinajstić information content (AvgIpc) is 2.81. The first-order valence-electron chi connectivity index (χ1n) is 6.86. The highest BCUT2D eigenvalue weighted by Crippen LogP contribution is 2.31. The Balaban J connectivity index is 1.86. The molecule has 1 aromatic heterocycles. The van der Waals surface area contributed by atoms with Crippen LogP contribution in [0.25, 0.3) is 0 Å². The molecular formula is C16H16N6. The fourth-order valence-corrected chi connectivity index (χ4v) is 2.07. The number of azo groups is 1. The molecule has 0 saturated carbocycles. The van der Waals surface area contributed by atoms with Crippen LogP contribution in [0.2, 0.25) is 0 Å². The summed E-state index contributed by atoms with van der Waals surface area (Å²) in [5.74, 6) is 0.675. The summed E-state index contributed by atoms with van der Waals surface area (Å²) in [6, 6.07) is 19.3. The van der Waals surface area contributed by atoms with Crippen LogP contribution < -0.4 is 11.5 Å². The Morgan fingerprint density at radius 2 is 1.50 bits per heavy atom. The van der Waals surface area contributed by atoms with Crippen molar-refractivity contribution < 1.29 is 0 Å². The predicted octanol–water partition coefficient (Wildman–Crippen LogP) is 3.51. The van der Waals surface area contributed by atoms with Gasteiger partial charge in [0.1, 0.15) is 0 Å². The highest BCUT2D eigenvalue weighted by Gasteiger charge is 2.13. The molecular weight excluding hydrogens is 276 g/mol. The van der Waals surface area contributed by atoms with E-state index in [1.807, 2.05) is 60.7 Å². The Kier molecular flexibility index (Phi) is 3.82. The lowest BCUT2D eigenvalue weighted by molar-refractivity contribution is 0.701. The maximum Gasteiger partial charge on any atom is 0.175 e. The van der Waals surface area contributed by atoms with Crippen molar-refractivity contribution in [2.45, 2.75) is 6.54 Å². The Hall–Kier alpha value is -3.15. The van der Waals surface area contributed by atoms with E-state index >= 15 is 0 Å². The van der Waals surface area contributed by atoms with Gasteiger partial charge in [-0.1, -0.05) is 48.5 Å². The minimum absolute atomic E-state index is 0.271. The molecule has 0 aliphatic carbocycles. The number of hydrogen-bond donors (Lipinski definition) is 2. The first kappa shape index (κ1) is 13.8. The van der Waals surface area contributed by atoms with Gasteiger partial charge in [-0.3, -0.25) is 0 Å². The van der Waals surface area contributed by atoms with Gasteiger partial charge < -0.3 is 11.5 Å². The summed E-state index contributed by atoms with van der Waals surface area (Å²) in [5, 5.41) is 12.5. The number of nitrogen functional groups attached to an aromatic ring is 2. The van der Waals surface area contributed by atoms with Crippen LogP contribution >= 0.6 is 0 Å². The standard InChI is InChI=1S/C16H16N6/c17-15-14(20-19-13-9-5-2-6-10-13)16(18)22(21-15)11-12-7-3-1-4-8-12/h1-10H,11,18H2,(H2,17,21).